The zero-order valence-corrected chi connectivity index (χ0v) is 36.9. The minimum absolute atomic E-state index is 0.245. The molecule has 2 aromatic carbocycles. The SMILES string of the molecule is CC1(C)CCCc2cc(B3OC(C)(C)C(C)(C)O3)ccc21.CC1(C)CCCc2cc(Br)ccc21.CC1(C)OB(B2OC(C)(C)C(C)(C)O2)OC1(C)C. The van der Waals surface area contributed by atoms with Crippen LogP contribution in [-0.2, 0) is 51.6 Å². The summed E-state index contributed by atoms with van der Waals surface area (Å²) >= 11 is 3.53. The van der Waals surface area contributed by atoms with Crippen LogP contribution in [0.1, 0.15) is 159 Å². The molecule has 0 amide bonds. The van der Waals surface area contributed by atoms with Crippen LogP contribution >= 0.6 is 15.9 Å². The van der Waals surface area contributed by atoms with Crippen LogP contribution in [0.3, 0.4) is 0 Å². The maximum atomic E-state index is 6.17. The summed E-state index contributed by atoms with van der Waals surface area (Å²) in [5, 5.41) is 0. The smallest absolute Gasteiger partial charge is 0.405 e. The van der Waals surface area contributed by atoms with E-state index in [0.29, 0.717) is 10.8 Å². The Labute approximate surface area is 326 Å². The molecule has 6 nitrogen and oxygen atoms in total. The standard InChI is InChI=1S/C18H27BO2.C12H24B2O4.C12H15Br/c1-16(2)11-7-8-13-12-14(9-10-15(13)16)19-20-17(3,4)18(5,6)21-19;1-9(2)10(3,4)16-13(15-9)14-17-11(5,6)12(7,8)18-14;1-12(2)7-3-4-9-8-10(13)5-6-11(9)12/h9-10,12H,7-8,11H2,1-6H3;1-8H3;5-6,8H,3-4,7H2,1-2H3. The molecule has 0 N–H and O–H groups in total. The molecule has 5 aliphatic rings. The highest BCUT2D eigenvalue weighted by Crippen LogP contribution is 2.44. The summed E-state index contributed by atoms with van der Waals surface area (Å²) in [4.78, 5) is 0. The highest BCUT2D eigenvalue weighted by atomic mass is 79.9. The van der Waals surface area contributed by atoms with Crippen LogP contribution in [0, 0.1) is 0 Å². The van der Waals surface area contributed by atoms with Crippen molar-refractivity contribution in [3.05, 3.63) is 63.1 Å². The molecular weight excluding hydrogens is 713 g/mol. The molecule has 2 aromatic rings. The van der Waals surface area contributed by atoms with Crippen molar-refractivity contribution in [2.24, 2.45) is 0 Å². The molecular formula is C42H66B3BrO6. The quantitative estimate of drug-likeness (QED) is 0.283. The highest BCUT2D eigenvalue weighted by Gasteiger charge is 2.63. The fourth-order valence-electron chi connectivity index (χ4n) is 7.75. The van der Waals surface area contributed by atoms with Crippen molar-refractivity contribution in [3.63, 3.8) is 0 Å². The molecule has 2 aliphatic carbocycles. The van der Waals surface area contributed by atoms with Gasteiger partial charge in [-0.25, -0.2) is 0 Å². The molecule has 3 saturated heterocycles. The van der Waals surface area contributed by atoms with Gasteiger partial charge in [-0.1, -0.05) is 67.9 Å². The van der Waals surface area contributed by atoms with Gasteiger partial charge >= 0.3 is 21.1 Å². The molecule has 286 valence electrons. The zero-order valence-electron chi connectivity index (χ0n) is 35.3. The molecule has 3 heterocycles. The van der Waals surface area contributed by atoms with Gasteiger partial charge in [0.05, 0.1) is 33.6 Å². The van der Waals surface area contributed by atoms with Crippen LogP contribution in [0.5, 0.6) is 0 Å². The first-order valence-electron chi connectivity index (χ1n) is 19.6. The summed E-state index contributed by atoms with van der Waals surface area (Å²) < 4.78 is 37.4. The van der Waals surface area contributed by atoms with Gasteiger partial charge in [0.25, 0.3) is 0 Å². The Morgan fingerprint density at radius 3 is 1.21 bits per heavy atom. The molecule has 52 heavy (non-hydrogen) atoms. The van der Waals surface area contributed by atoms with Crippen LogP contribution in [0.4, 0.5) is 0 Å². The Kier molecular flexibility index (Phi) is 11.4. The second kappa shape index (κ2) is 14.1. The van der Waals surface area contributed by atoms with E-state index in [1.54, 1.807) is 5.56 Å². The van der Waals surface area contributed by atoms with Crippen molar-refractivity contribution in [2.45, 2.75) is 194 Å². The normalized spacial score (nSPS) is 26.4. The molecule has 3 fully saturated rings. The first-order valence-corrected chi connectivity index (χ1v) is 20.4. The predicted octanol–water partition coefficient (Wildman–Crippen LogP) is 9.91. The maximum Gasteiger partial charge on any atom is 0.494 e. The summed E-state index contributed by atoms with van der Waals surface area (Å²) in [5.41, 5.74) is 5.89. The third-order valence-electron chi connectivity index (χ3n) is 13.4. The molecule has 0 bridgehead atoms. The van der Waals surface area contributed by atoms with Crippen molar-refractivity contribution >= 4 is 42.5 Å². The number of hydrogen-bond donors (Lipinski definition) is 0. The fourth-order valence-corrected chi connectivity index (χ4v) is 8.15. The van der Waals surface area contributed by atoms with E-state index in [0.717, 1.165) is 5.46 Å². The van der Waals surface area contributed by atoms with Gasteiger partial charge in [0.1, 0.15) is 0 Å². The largest absolute Gasteiger partial charge is 0.494 e. The summed E-state index contributed by atoms with van der Waals surface area (Å²) in [6.45, 7) is 34.0. The van der Waals surface area contributed by atoms with E-state index < -0.39 is 14.0 Å². The Bertz CT molecular complexity index is 1530. The molecule has 0 aromatic heterocycles. The van der Waals surface area contributed by atoms with Crippen molar-refractivity contribution in [1.82, 2.24) is 0 Å². The summed E-state index contributed by atoms with van der Waals surface area (Å²) in [7, 11) is -1.20. The van der Waals surface area contributed by atoms with Gasteiger partial charge in [-0.05, 0) is 172 Å². The topological polar surface area (TPSA) is 55.4 Å². The lowest BCUT2D eigenvalue weighted by atomic mass is 9.49. The first kappa shape index (κ1) is 42.0. The number of hydrogen-bond acceptors (Lipinski definition) is 6. The monoisotopic (exact) mass is 778 g/mol. The lowest BCUT2D eigenvalue weighted by Gasteiger charge is -2.33. The van der Waals surface area contributed by atoms with Crippen molar-refractivity contribution in [2.75, 3.05) is 0 Å². The third-order valence-corrected chi connectivity index (χ3v) is 13.9. The van der Waals surface area contributed by atoms with E-state index >= 15 is 0 Å². The molecule has 0 unspecified atom stereocenters. The summed E-state index contributed by atoms with van der Waals surface area (Å²) in [6.07, 6.45) is 7.62. The second-order valence-electron chi connectivity index (χ2n) is 20.0. The van der Waals surface area contributed by atoms with E-state index in [9.17, 15) is 0 Å². The molecule has 0 atom stereocenters. The second-order valence-corrected chi connectivity index (χ2v) is 20.9. The van der Waals surface area contributed by atoms with Crippen molar-refractivity contribution < 1.29 is 27.9 Å². The Balaban J connectivity index is 0.000000155. The van der Waals surface area contributed by atoms with E-state index in [1.807, 2.05) is 55.4 Å². The van der Waals surface area contributed by atoms with Crippen molar-refractivity contribution in [3.8, 4) is 0 Å². The predicted molar refractivity (Wildman–Crippen MR) is 220 cm³/mol. The average molecular weight is 779 g/mol. The number of fused-ring (bicyclic) bond motifs is 2. The van der Waals surface area contributed by atoms with E-state index in [2.05, 4.69) is 108 Å². The van der Waals surface area contributed by atoms with Gasteiger partial charge in [-0.3, -0.25) is 0 Å². The van der Waals surface area contributed by atoms with Crippen LogP contribution in [0.25, 0.3) is 0 Å². The van der Waals surface area contributed by atoms with Crippen LogP contribution in [-0.4, -0.2) is 54.7 Å². The van der Waals surface area contributed by atoms with Gasteiger partial charge < -0.3 is 27.9 Å². The Hall–Kier alpha value is -1.13. The fraction of sp³-hybridized carbons (Fsp3) is 0.714. The number of halogens is 1. The molecule has 0 radical (unpaired) electrons. The third kappa shape index (κ3) is 8.34. The highest BCUT2D eigenvalue weighted by molar-refractivity contribution is 9.10. The van der Waals surface area contributed by atoms with Crippen LogP contribution in [0.15, 0.2) is 40.9 Å². The molecule has 3 aliphatic heterocycles. The van der Waals surface area contributed by atoms with Gasteiger partial charge in [-0.2, -0.15) is 0 Å². The lowest BCUT2D eigenvalue weighted by molar-refractivity contribution is 0.00578. The first-order chi connectivity index (χ1) is 23.6. The Morgan fingerprint density at radius 2 is 0.808 bits per heavy atom. The molecule has 10 heteroatoms. The summed E-state index contributed by atoms with van der Waals surface area (Å²) in [5.74, 6) is 0. The van der Waals surface area contributed by atoms with Gasteiger partial charge in [0, 0.05) is 4.47 Å². The number of benzene rings is 2. The van der Waals surface area contributed by atoms with Gasteiger partial charge in [0.2, 0.25) is 0 Å². The van der Waals surface area contributed by atoms with E-state index in [-0.39, 0.29) is 40.7 Å². The average Bonchev–Trinajstić information content (AvgIpc) is 3.46. The lowest BCUT2D eigenvalue weighted by Crippen LogP contribution is -2.41. The van der Waals surface area contributed by atoms with E-state index in [4.69, 9.17) is 27.9 Å². The summed E-state index contributed by atoms with van der Waals surface area (Å²) in [6, 6.07) is 13.5. The number of rotatable bonds is 2. The minimum atomic E-state index is -0.476. The zero-order chi connectivity index (χ0) is 38.9. The van der Waals surface area contributed by atoms with Gasteiger partial charge in [-0.15, -0.1) is 0 Å². The van der Waals surface area contributed by atoms with Gasteiger partial charge in [0.15, 0.2) is 0 Å². The molecule has 0 spiro atoms. The van der Waals surface area contributed by atoms with E-state index in [1.165, 1.54) is 59.7 Å². The van der Waals surface area contributed by atoms with Crippen LogP contribution < -0.4 is 5.46 Å². The van der Waals surface area contributed by atoms with Crippen molar-refractivity contribution in [1.29, 1.82) is 0 Å². The Morgan fingerprint density at radius 1 is 0.462 bits per heavy atom. The van der Waals surface area contributed by atoms with Crippen LogP contribution in [0.2, 0.25) is 0 Å². The maximum absolute atomic E-state index is 6.17. The minimum Gasteiger partial charge on any atom is -0.405 e. The molecule has 0 saturated carbocycles. The number of aryl methyl sites for hydroxylation is 2. The molecule has 7 rings (SSSR count).